The van der Waals surface area contributed by atoms with E-state index in [1.165, 1.54) is 11.8 Å². The molecular formula is C8H14O4S. The maximum Gasteiger partial charge on any atom is 0.315 e. The minimum atomic E-state index is -0.295. The van der Waals surface area contributed by atoms with E-state index in [9.17, 15) is 9.59 Å². The standard InChI is InChI=1S/C8H14O4S/c1-3-11-7(9)5-13-6-8(10)12-4-2/h3-6H2,1-2H3/i5+1,6+1,7+1,8+1. The van der Waals surface area contributed by atoms with E-state index in [0.29, 0.717) is 13.2 Å². The number of hydrogen-bond donors (Lipinski definition) is 0. The van der Waals surface area contributed by atoms with Gasteiger partial charge >= 0.3 is 11.9 Å². The van der Waals surface area contributed by atoms with Crippen molar-refractivity contribution in [1.82, 2.24) is 0 Å². The van der Waals surface area contributed by atoms with Crippen LogP contribution >= 0.6 is 11.8 Å². The number of rotatable bonds is 6. The highest BCUT2D eigenvalue weighted by molar-refractivity contribution is 8.00. The maximum absolute atomic E-state index is 10.8. The summed E-state index contributed by atoms with van der Waals surface area (Å²) in [5.41, 5.74) is 0. The molecular weight excluding hydrogens is 196 g/mol. The third-order valence-electron chi connectivity index (χ3n) is 1.05. The van der Waals surface area contributed by atoms with E-state index < -0.39 is 0 Å². The van der Waals surface area contributed by atoms with Gasteiger partial charge in [0, 0.05) is 0 Å². The van der Waals surface area contributed by atoms with Crippen molar-refractivity contribution in [2.45, 2.75) is 13.8 Å². The van der Waals surface area contributed by atoms with Crippen molar-refractivity contribution in [1.29, 1.82) is 0 Å². The van der Waals surface area contributed by atoms with Gasteiger partial charge in [0.05, 0.1) is 24.7 Å². The summed E-state index contributed by atoms with van der Waals surface area (Å²) in [5.74, 6) is -0.187. The number of ether oxygens (including phenoxy) is 2. The second-order valence-electron chi connectivity index (χ2n) is 2.10. The molecule has 0 radical (unpaired) electrons. The van der Waals surface area contributed by atoms with Gasteiger partial charge in [-0.15, -0.1) is 11.8 Å². The summed E-state index contributed by atoms with van der Waals surface area (Å²) in [5, 5.41) is 0. The summed E-state index contributed by atoms with van der Waals surface area (Å²) in [6.45, 7) is 4.24. The maximum atomic E-state index is 10.8. The van der Waals surface area contributed by atoms with Gasteiger partial charge < -0.3 is 9.47 Å². The van der Waals surface area contributed by atoms with Gasteiger partial charge in [-0.05, 0) is 13.8 Å². The molecule has 0 aromatic rings. The first-order valence-corrected chi connectivity index (χ1v) is 5.25. The fourth-order valence-electron chi connectivity index (χ4n) is 0.623. The van der Waals surface area contributed by atoms with Crippen LogP contribution in [-0.4, -0.2) is 36.7 Å². The Hall–Kier alpha value is -0.710. The predicted octanol–water partition coefficient (Wildman–Crippen LogP) is 0.846. The van der Waals surface area contributed by atoms with Crippen LogP contribution in [0.25, 0.3) is 0 Å². The van der Waals surface area contributed by atoms with Gasteiger partial charge in [0.25, 0.3) is 0 Å². The predicted molar refractivity (Wildman–Crippen MR) is 50.6 cm³/mol. The van der Waals surface area contributed by atoms with Gasteiger partial charge in [-0.1, -0.05) is 0 Å². The van der Waals surface area contributed by atoms with Crippen LogP contribution in [0, 0.1) is 0 Å². The topological polar surface area (TPSA) is 52.6 Å². The molecule has 0 aliphatic carbocycles. The van der Waals surface area contributed by atoms with E-state index in [1.807, 2.05) is 0 Å². The summed E-state index contributed by atoms with van der Waals surface area (Å²) >= 11 is 1.20. The van der Waals surface area contributed by atoms with Gasteiger partial charge in [0.2, 0.25) is 0 Å². The minimum absolute atomic E-state index is 0.201. The lowest BCUT2D eigenvalue weighted by Crippen LogP contribution is -2.11. The molecule has 0 saturated heterocycles. The molecule has 0 unspecified atom stereocenters. The zero-order valence-corrected chi connectivity index (χ0v) is 8.69. The van der Waals surface area contributed by atoms with Crippen molar-refractivity contribution in [3.8, 4) is 0 Å². The molecule has 0 aliphatic rings. The third-order valence-corrected chi connectivity index (χ3v) is 1.93. The Bertz CT molecular complexity index is 152. The second kappa shape index (κ2) is 7.91. The molecule has 5 heteroatoms. The molecule has 0 saturated carbocycles. The summed E-state index contributed by atoms with van der Waals surface area (Å²) in [7, 11) is 0. The average molecular weight is 210 g/mol. The van der Waals surface area contributed by atoms with Gasteiger partial charge in [-0.3, -0.25) is 9.59 Å². The van der Waals surface area contributed by atoms with Gasteiger partial charge in [0.15, 0.2) is 0 Å². The molecule has 0 rings (SSSR count). The third kappa shape index (κ3) is 7.64. The zero-order valence-electron chi connectivity index (χ0n) is 7.87. The highest BCUT2D eigenvalue weighted by Crippen LogP contribution is 2.01. The fraction of sp³-hybridized carbons (Fsp3) is 0.750. The van der Waals surface area contributed by atoms with Crippen molar-refractivity contribution in [2.75, 3.05) is 24.7 Å². The molecule has 0 heterocycles. The lowest BCUT2D eigenvalue weighted by atomic mass is 10.9. The Morgan fingerprint density at radius 3 is 1.69 bits per heavy atom. The summed E-state index contributed by atoms with van der Waals surface area (Å²) in [6.07, 6.45) is 0. The smallest absolute Gasteiger partial charge is 0.315 e. The van der Waals surface area contributed by atoms with Crippen LogP contribution in [-0.2, 0) is 19.1 Å². The van der Waals surface area contributed by atoms with Crippen LogP contribution < -0.4 is 0 Å². The largest absolute Gasteiger partial charge is 0.465 e. The number of thioether (sulfide) groups is 1. The highest BCUT2D eigenvalue weighted by Gasteiger charge is 2.05. The van der Waals surface area contributed by atoms with Crippen LogP contribution in [0.15, 0.2) is 0 Å². The van der Waals surface area contributed by atoms with Gasteiger partial charge in [-0.25, -0.2) is 0 Å². The first-order chi connectivity index (χ1) is 6.20. The fourth-order valence-corrected chi connectivity index (χ4v) is 1.23. The van der Waals surface area contributed by atoms with Gasteiger partial charge in [0.1, 0.15) is 0 Å². The zero-order chi connectivity index (χ0) is 10.1. The first-order valence-electron chi connectivity index (χ1n) is 4.09. The average Bonchev–Trinajstić information content (AvgIpc) is 2.05. The van der Waals surface area contributed by atoms with E-state index in [0.717, 1.165) is 0 Å². The quantitative estimate of drug-likeness (QED) is 0.480. The normalized spacial score (nSPS) is 9.38. The van der Waals surface area contributed by atoms with Crippen molar-refractivity contribution in [3.63, 3.8) is 0 Å². The van der Waals surface area contributed by atoms with E-state index in [4.69, 9.17) is 0 Å². The molecule has 0 aromatic carbocycles. The molecule has 13 heavy (non-hydrogen) atoms. The Kier molecular flexibility index (Phi) is 7.48. The molecule has 0 N–H and O–H groups in total. The minimum Gasteiger partial charge on any atom is -0.465 e. The van der Waals surface area contributed by atoms with E-state index in [1.54, 1.807) is 13.8 Å². The number of carbonyl (C=O) groups is 2. The Morgan fingerprint density at radius 2 is 1.38 bits per heavy atom. The molecule has 0 aromatic heterocycles. The molecule has 76 valence electrons. The van der Waals surface area contributed by atoms with Crippen molar-refractivity contribution in [2.24, 2.45) is 0 Å². The molecule has 0 atom stereocenters. The number of carbonyl (C=O) groups excluding carboxylic acids is 2. The van der Waals surface area contributed by atoms with Crippen LogP contribution in [0.5, 0.6) is 0 Å². The molecule has 0 spiro atoms. The van der Waals surface area contributed by atoms with Gasteiger partial charge in [-0.2, -0.15) is 0 Å². The molecule has 0 amide bonds. The molecule has 0 bridgehead atoms. The lowest BCUT2D eigenvalue weighted by molar-refractivity contribution is -0.140. The van der Waals surface area contributed by atoms with Crippen LogP contribution in [0.3, 0.4) is 0 Å². The summed E-state index contributed by atoms with van der Waals surface area (Å²) in [6, 6.07) is 0. The van der Waals surface area contributed by atoms with Crippen molar-refractivity contribution in [3.05, 3.63) is 0 Å². The SMILES string of the molecule is CCO[13C](=O)[13CH2]S[13CH2][13C](=O)OCC. The van der Waals surface area contributed by atoms with Crippen LogP contribution in [0.4, 0.5) is 0 Å². The summed E-state index contributed by atoms with van der Waals surface area (Å²) in [4.78, 5) is 21.6. The Morgan fingerprint density at radius 1 is 1.00 bits per heavy atom. The summed E-state index contributed by atoms with van der Waals surface area (Å²) < 4.78 is 9.34. The van der Waals surface area contributed by atoms with E-state index in [2.05, 4.69) is 9.47 Å². The number of esters is 2. The van der Waals surface area contributed by atoms with Crippen LogP contribution in [0.2, 0.25) is 0 Å². The van der Waals surface area contributed by atoms with Crippen molar-refractivity contribution < 1.29 is 19.1 Å². The monoisotopic (exact) mass is 210 g/mol. The Balaban J connectivity index is 3.33. The molecule has 4 nitrogen and oxygen atoms in total. The van der Waals surface area contributed by atoms with E-state index in [-0.39, 0.29) is 23.4 Å². The van der Waals surface area contributed by atoms with E-state index >= 15 is 0 Å². The number of hydrogen-bond acceptors (Lipinski definition) is 5. The van der Waals surface area contributed by atoms with Crippen molar-refractivity contribution >= 4 is 23.7 Å². The first kappa shape index (κ1) is 12.3. The second-order valence-corrected chi connectivity index (χ2v) is 3.09. The van der Waals surface area contributed by atoms with Crippen LogP contribution in [0.1, 0.15) is 13.8 Å². The Labute approximate surface area is 82.0 Å². The molecule has 0 aliphatic heterocycles. The lowest BCUT2D eigenvalue weighted by Gasteiger charge is -2.01. The highest BCUT2D eigenvalue weighted by atomic mass is 32.2. The molecule has 0 fully saturated rings.